The van der Waals surface area contributed by atoms with Crippen LogP contribution < -0.4 is 5.32 Å². The molecule has 20 heavy (non-hydrogen) atoms. The molecule has 0 spiro atoms. The number of aryl methyl sites for hydroxylation is 1. The number of hydrogen-bond donors (Lipinski definition) is 1. The molecule has 4 heteroatoms. The Morgan fingerprint density at radius 2 is 1.95 bits per heavy atom. The first-order valence-corrected chi connectivity index (χ1v) is 6.98. The second kappa shape index (κ2) is 5.73. The number of aromatic nitrogens is 1. The summed E-state index contributed by atoms with van der Waals surface area (Å²) in [6, 6.07) is 2.24. The molecular formula is C16H20F2N2. The lowest BCUT2D eigenvalue weighted by atomic mass is 9.96. The fourth-order valence-electron chi connectivity index (χ4n) is 2.57. The Morgan fingerprint density at radius 1 is 1.25 bits per heavy atom. The van der Waals surface area contributed by atoms with Crippen molar-refractivity contribution in [1.82, 2.24) is 4.98 Å². The molecule has 1 heterocycles. The van der Waals surface area contributed by atoms with Crippen LogP contribution in [0, 0.1) is 18.6 Å². The molecular weight excluding hydrogens is 258 g/mol. The maximum atomic E-state index is 13.9. The normalized spacial score (nSPS) is 11.3. The number of hydrogen-bond acceptors (Lipinski definition) is 2. The summed E-state index contributed by atoms with van der Waals surface area (Å²) in [5.41, 5.74) is 2.85. The van der Waals surface area contributed by atoms with Crippen molar-refractivity contribution >= 4 is 16.6 Å². The highest BCUT2D eigenvalue weighted by atomic mass is 19.1. The van der Waals surface area contributed by atoms with E-state index in [-0.39, 0.29) is 11.4 Å². The SMILES string of the molecule is CCCNc1c(C(C)C)c(C)nc2c(F)cc(F)cc12. The summed E-state index contributed by atoms with van der Waals surface area (Å²) in [5, 5.41) is 3.83. The average Bonchev–Trinajstić information content (AvgIpc) is 2.36. The Labute approximate surface area is 118 Å². The van der Waals surface area contributed by atoms with E-state index >= 15 is 0 Å². The van der Waals surface area contributed by atoms with E-state index in [2.05, 4.69) is 31.1 Å². The molecule has 2 rings (SSSR count). The molecule has 0 saturated carbocycles. The van der Waals surface area contributed by atoms with Gasteiger partial charge in [0, 0.05) is 29.4 Å². The minimum Gasteiger partial charge on any atom is -0.384 e. The van der Waals surface area contributed by atoms with Crippen LogP contribution in [-0.4, -0.2) is 11.5 Å². The van der Waals surface area contributed by atoms with Crippen LogP contribution in [0.5, 0.6) is 0 Å². The number of fused-ring (bicyclic) bond motifs is 1. The van der Waals surface area contributed by atoms with Gasteiger partial charge in [-0.3, -0.25) is 0 Å². The van der Waals surface area contributed by atoms with E-state index in [0.717, 1.165) is 36.0 Å². The second-order valence-corrected chi connectivity index (χ2v) is 5.35. The molecule has 0 fully saturated rings. The third-order valence-electron chi connectivity index (χ3n) is 3.37. The standard InChI is InChI=1S/C16H20F2N2/c1-5-6-19-16-12-7-11(17)8-13(18)15(12)20-10(4)14(16)9(2)3/h7-9H,5-6H2,1-4H3,(H,19,20). The highest BCUT2D eigenvalue weighted by Crippen LogP contribution is 2.34. The first-order chi connectivity index (χ1) is 9.45. The molecule has 0 unspecified atom stereocenters. The predicted molar refractivity (Wildman–Crippen MR) is 79.3 cm³/mol. The molecule has 0 aliphatic carbocycles. The maximum Gasteiger partial charge on any atom is 0.152 e. The van der Waals surface area contributed by atoms with E-state index in [0.29, 0.717) is 5.39 Å². The summed E-state index contributed by atoms with van der Waals surface area (Å²) in [7, 11) is 0. The topological polar surface area (TPSA) is 24.9 Å². The molecule has 0 saturated heterocycles. The third-order valence-corrected chi connectivity index (χ3v) is 3.37. The third kappa shape index (κ3) is 2.60. The van der Waals surface area contributed by atoms with Gasteiger partial charge in [-0.25, -0.2) is 13.8 Å². The van der Waals surface area contributed by atoms with Gasteiger partial charge in [0.2, 0.25) is 0 Å². The van der Waals surface area contributed by atoms with E-state index in [9.17, 15) is 8.78 Å². The monoisotopic (exact) mass is 278 g/mol. The lowest BCUT2D eigenvalue weighted by Gasteiger charge is -2.19. The van der Waals surface area contributed by atoms with Crippen molar-refractivity contribution in [3.8, 4) is 0 Å². The summed E-state index contributed by atoms with van der Waals surface area (Å²) in [4.78, 5) is 4.32. The van der Waals surface area contributed by atoms with E-state index in [1.165, 1.54) is 6.07 Å². The lowest BCUT2D eigenvalue weighted by molar-refractivity contribution is 0.590. The minimum atomic E-state index is -0.613. The molecule has 2 aromatic rings. The number of rotatable bonds is 4. The first-order valence-electron chi connectivity index (χ1n) is 6.98. The molecule has 1 aromatic heterocycles. The smallest absolute Gasteiger partial charge is 0.152 e. The zero-order valence-corrected chi connectivity index (χ0v) is 12.3. The van der Waals surface area contributed by atoms with Gasteiger partial charge < -0.3 is 5.32 Å². The number of nitrogens with zero attached hydrogens (tertiary/aromatic N) is 1. The van der Waals surface area contributed by atoms with Gasteiger partial charge in [-0.1, -0.05) is 20.8 Å². The van der Waals surface area contributed by atoms with Crippen molar-refractivity contribution in [1.29, 1.82) is 0 Å². The van der Waals surface area contributed by atoms with Gasteiger partial charge in [-0.15, -0.1) is 0 Å². The molecule has 2 nitrogen and oxygen atoms in total. The van der Waals surface area contributed by atoms with Gasteiger partial charge in [-0.05, 0) is 30.9 Å². The summed E-state index contributed by atoms with van der Waals surface area (Å²) in [6.45, 7) is 8.80. The molecule has 0 atom stereocenters. The highest BCUT2D eigenvalue weighted by molar-refractivity contribution is 5.94. The lowest BCUT2D eigenvalue weighted by Crippen LogP contribution is -2.09. The van der Waals surface area contributed by atoms with Crippen LogP contribution in [0.4, 0.5) is 14.5 Å². The van der Waals surface area contributed by atoms with Crippen LogP contribution >= 0.6 is 0 Å². The van der Waals surface area contributed by atoms with Crippen LogP contribution in [0.1, 0.15) is 44.4 Å². The largest absolute Gasteiger partial charge is 0.384 e. The number of halogens is 2. The fourth-order valence-corrected chi connectivity index (χ4v) is 2.57. The Bertz CT molecular complexity index is 636. The van der Waals surface area contributed by atoms with Crippen LogP contribution in [-0.2, 0) is 0 Å². The van der Waals surface area contributed by atoms with Gasteiger partial charge in [0.25, 0.3) is 0 Å². The van der Waals surface area contributed by atoms with E-state index in [1.54, 1.807) is 0 Å². The van der Waals surface area contributed by atoms with E-state index < -0.39 is 11.6 Å². The highest BCUT2D eigenvalue weighted by Gasteiger charge is 2.18. The molecule has 1 N–H and O–H groups in total. The van der Waals surface area contributed by atoms with Gasteiger partial charge in [0.05, 0.1) is 0 Å². The summed E-state index contributed by atoms with van der Waals surface area (Å²) in [5.74, 6) is -0.953. The molecule has 0 aliphatic rings. The van der Waals surface area contributed by atoms with Crippen LogP contribution in [0.2, 0.25) is 0 Å². The van der Waals surface area contributed by atoms with Gasteiger partial charge >= 0.3 is 0 Å². The second-order valence-electron chi connectivity index (χ2n) is 5.35. The minimum absolute atomic E-state index is 0.229. The quantitative estimate of drug-likeness (QED) is 0.871. The van der Waals surface area contributed by atoms with Crippen molar-refractivity contribution < 1.29 is 8.78 Å². The number of pyridine rings is 1. The maximum absolute atomic E-state index is 13.9. The fraction of sp³-hybridized carbons (Fsp3) is 0.438. The molecule has 0 bridgehead atoms. The summed E-state index contributed by atoms with van der Waals surface area (Å²) in [6.07, 6.45) is 0.943. The van der Waals surface area contributed by atoms with E-state index in [4.69, 9.17) is 0 Å². The molecule has 0 radical (unpaired) electrons. The predicted octanol–water partition coefficient (Wildman–Crippen LogP) is 4.77. The van der Waals surface area contributed by atoms with Crippen molar-refractivity contribution in [3.63, 3.8) is 0 Å². The zero-order chi connectivity index (χ0) is 14.9. The summed E-state index contributed by atoms with van der Waals surface area (Å²) < 4.78 is 27.5. The van der Waals surface area contributed by atoms with Crippen molar-refractivity contribution in [3.05, 3.63) is 35.0 Å². The number of nitrogens with one attached hydrogen (secondary N) is 1. The van der Waals surface area contributed by atoms with Crippen LogP contribution in [0.3, 0.4) is 0 Å². The number of benzene rings is 1. The van der Waals surface area contributed by atoms with Gasteiger partial charge in [0.15, 0.2) is 5.82 Å². The summed E-state index contributed by atoms with van der Waals surface area (Å²) >= 11 is 0. The first kappa shape index (κ1) is 14.7. The van der Waals surface area contributed by atoms with E-state index in [1.807, 2.05) is 6.92 Å². The number of anilines is 1. The zero-order valence-electron chi connectivity index (χ0n) is 12.3. The van der Waals surface area contributed by atoms with Crippen LogP contribution in [0.15, 0.2) is 12.1 Å². The van der Waals surface area contributed by atoms with Crippen LogP contribution in [0.25, 0.3) is 10.9 Å². The van der Waals surface area contributed by atoms with Gasteiger partial charge in [-0.2, -0.15) is 0 Å². The average molecular weight is 278 g/mol. The Kier molecular flexibility index (Phi) is 4.21. The van der Waals surface area contributed by atoms with Crippen molar-refractivity contribution in [2.75, 3.05) is 11.9 Å². The van der Waals surface area contributed by atoms with Gasteiger partial charge in [0.1, 0.15) is 11.3 Å². The molecule has 0 amide bonds. The molecule has 1 aromatic carbocycles. The Balaban J connectivity index is 2.80. The Morgan fingerprint density at radius 3 is 2.55 bits per heavy atom. The van der Waals surface area contributed by atoms with Crippen molar-refractivity contribution in [2.24, 2.45) is 0 Å². The molecule has 108 valence electrons. The van der Waals surface area contributed by atoms with Crippen molar-refractivity contribution in [2.45, 2.75) is 40.0 Å². The Hall–Kier alpha value is -1.71. The molecule has 0 aliphatic heterocycles.